The number of nitrogens with zero attached hydrogens (tertiary/aromatic N) is 2. The minimum absolute atomic E-state index is 0.151. The summed E-state index contributed by atoms with van der Waals surface area (Å²) in [6, 6.07) is 4.45. The molecule has 22 heavy (non-hydrogen) atoms. The van der Waals surface area contributed by atoms with Crippen LogP contribution in [0.5, 0.6) is 0 Å². The Kier molecular flexibility index (Phi) is 3.94. The Bertz CT molecular complexity index is 574. The van der Waals surface area contributed by atoms with E-state index in [0.29, 0.717) is 0 Å². The second-order valence-electron chi connectivity index (χ2n) is 7.18. The first-order valence-corrected chi connectivity index (χ1v) is 8.06. The molecule has 0 N–H and O–H groups in total. The van der Waals surface area contributed by atoms with Crippen molar-refractivity contribution in [2.45, 2.75) is 64.1 Å². The lowest BCUT2D eigenvalue weighted by molar-refractivity contribution is 0.0000858. The molecule has 2 bridgehead atoms. The van der Waals surface area contributed by atoms with Crippen LogP contribution in [0.15, 0.2) is 30.6 Å². The standard InChI is InChI=1S/C18H24N2O2/c1-18(2,3)22-17(21)20-15-7-4-8-16(20)11-14(10-15)13-6-5-9-19-12-13/h5-6,9-10,12,15-16H,4,7-8,11H2,1-3H3. The van der Waals surface area contributed by atoms with E-state index in [2.05, 4.69) is 17.1 Å². The highest BCUT2D eigenvalue weighted by Crippen LogP contribution is 2.37. The van der Waals surface area contributed by atoms with Crippen LogP contribution in [-0.2, 0) is 4.74 Å². The van der Waals surface area contributed by atoms with Gasteiger partial charge in [-0.3, -0.25) is 9.88 Å². The number of rotatable bonds is 1. The average Bonchev–Trinajstić information content (AvgIpc) is 2.45. The van der Waals surface area contributed by atoms with Crippen molar-refractivity contribution >= 4 is 11.7 Å². The number of carbonyl (C=O) groups excluding carboxylic acids is 1. The molecule has 2 unspecified atom stereocenters. The molecule has 1 saturated heterocycles. The van der Waals surface area contributed by atoms with Crippen molar-refractivity contribution in [2.24, 2.45) is 0 Å². The lowest BCUT2D eigenvalue weighted by atomic mass is 9.83. The summed E-state index contributed by atoms with van der Waals surface area (Å²) in [6.07, 6.45) is 9.88. The number of amides is 1. The van der Waals surface area contributed by atoms with Gasteiger partial charge in [-0.1, -0.05) is 12.1 Å². The van der Waals surface area contributed by atoms with Crippen LogP contribution in [0.4, 0.5) is 4.79 Å². The third-order valence-electron chi connectivity index (χ3n) is 4.27. The predicted molar refractivity (Wildman–Crippen MR) is 86.3 cm³/mol. The Balaban J connectivity index is 1.84. The average molecular weight is 300 g/mol. The highest BCUT2D eigenvalue weighted by Gasteiger charge is 2.39. The van der Waals surface area contributed by atoms with Gasteiger partial charge in [0.25, 0.3) is 0 Å². The first kappa shape index (κ1) is 15.1. The van der Waals surface area contributed by atoms with E-state index in [1.54, 1.807) is 6.20 Å². The third-order valence-corrected chi connectivity index (χ3v) is 4.27. The summed E-state index contributed by atoms with van der Waals surface area (Å²) in [4.78, 5) is 18.7. The zero-order valence-corrected chi connectivity index (χ0v) is 13.6. The first-order chi connectivity index (χ1) is 10.4. The first-order valence-electron chi connectivity index (χ1n) is 8.06. The molecule has 1 aromatic heterocycles. The largest absolute Gasteiger partial charge is 0.444 e. The van der Waals surface area contributed by atoms with Crippen molar-refractivity contribution in [3.05, 3.63) is 36.2 Å². The smallest absolute Gasteiger partial charge is 0.411 e. The minimum Gasteiger partial charge on any atom is -0.444 e. The van der Waals surface area contributed by atoms with Crippen molar-refractivity contribution < 1.29 is 9.53 Å². The van der Waals surface area contributed by atoms with Crippen LogP contribution in [0, 0.1) is 0 Å². The van der Waals surface area contributed by atoms with Crippen molar-refractivity contribution in [1.82, 2.24) is 9.88 Å². The summed E-state index contributed by atoms with van der Waals surface area (Å²) >= 11 is 0. The maximum absolute atomic E-state index is 12.5. The topological polar surface area (TPSA) is 42.4 Å². The highest BCUT2D eigenvalue weighted by atomic mass is 16.6. The van der Waals surface area contributed by atoms with Gasteiger partial charge in [0.1, 0.15) is 5.60 Å². The van der Waals surface area contributed by atoms with Gasteiger partial charge in [0, 0.05) is 18.4 Å². The van der Waals surface area contributed by atoms with Crippen molar-refractivity contribution in [3.8, 4) is 0 Å². The van der Waals surface area contributed by atoms with Gasteiger partial charge in [-0.05, 0) is 63.7 Å². The van der Waals surface area contributed by atoms with Crippen molar-refractivity contribution in [1.29, 1.82) is 0 Å². The van der Waals surface area contributed by atoms with E-state index >= 15 is 0 Å². The van der Waals surface area contributed by atoms with Crippen molar-refractivity contribution in [3.63, 3.8) is 0 Å². The maximum Gasteiger partial charge on any atom is 0.411 e. The van der Waals surface area contributed by atoms with Gasteiger partial charge in [0.15, 0.2) is 0 Å². The zero-order chi connectivity index (χ0) is 15.7. The molecule has 0 aromatic carbocycles. The summed E-state index contributed by atoms with van der Waals surface area (Å²) in [5.41, 5.74) is 2.03. The van der Waals surface area contributed by atoms with Gasteiger partial charge in [-0.2, -0.15) is 0 Å². The number of aromatic nitrogens is 1. The molecule has 2 aliphatic heterocycles. The van der Waals surface area contributed by atoms with Crippen LogP contribution in [0.1, 0.15) is 52.0 Å². The molecule has 0 saturated carbocycles. The second kappa shape index (κ2) is 5.75. The summed E-state index contributed by atoms with van der Waals surface area (Å²) in [5, 5.41) is 0. The molecule has 3 rings (SSSR count). The number of pyridine rings is 1. The van der Waals surface area contributed by atoms with Crippen LogP contribution in [0.3, 0.4) is 0 Å². The summed E-state index contributed by atoms with van der Waals surface area (Å²) < 4.78 is 5.60. The van der Waals surface area contributed by atoms with E-state index in [0.717, 1.165) is 19.3 Å². The quantitative estimate of drug-likeness (QED) is 0.786. The number of carbonyl (C=O) groups is 1. The molecule has 4 nitrogen and oxygen atoms in total. The Hall–Kier alpha value is -1.84. The molecule has 118 valence electrons. The molecule has 1 aromatic rings. The number of piperidine rings is 1. The fraction of sp³-hybridized carbons (Fsp3) is 0.556. The van der Waals surface area contributed by atoms with E-state index in [1.807, 2.05) is 37.9 Å². The molecule has 2 aliphatic rings. The van der Waals surface area contributed by atoms with Gasteiger partial charge >= 0.3 is 6.09 Å². The Morgan fingerprint density at radius 2 is 2.18 bits per heavy atom. The Labute approximate surface area is 132 Å². The SMILES string of the molecule is CC(C)(C)OC(=O)N1C2C=C(c3cccnc3)CC1CCC2. The van der Waals surface area contributed by atoms with E-state index in [-0.39, 0.29) is 18.2 Å². The molecular formula is C18H24N2O2. The molecule has 4 heteroatoms. The molecule has 1 fully saturated rings. The van der Waals surface area contributed by atoms with Gasteiger partial charge in [-0.15, -0.1) is 0 Å². The number of hydrogen-bond acceptors (Lipinski definition) is 3. The van der Waals surface area contributed by atoms with Gasteiger partial charge < -0.3 is 4.74 Å². The van der Waals surface area contributed by atoms with Crippen molar-refractivity contribution in [2.75, 3.05) is 0 Å². The highest BCUT2D eigenvalue weighted by molar-refractivity contribution is 5.74. The Morgan fingerprint density at radius 3 is 2.82 bits per heavy atom. The lowest BCUT2D eigenvalue weighted by Crippen LogP contribution is -2.53. The summed E-state index contributed by atoms with van der Waals surface area (Å²) in [5.74, 6) is 0. The molecule has 0 aliphatic carbocycles. The fourth-order valence-electron chi connectivity index (χ4n) is 3.40. The normalized spacial score (nSPS) is 24.7. The van der Waals surface area contributed by atoms with Crippen LogP contribution in [0.2, 0.25) is 0 Å². The van der Waals surface area contributed by atoms with E-state index in [9.17, 15) is 4.79 Å². The molecular weight excluding hydrogens is 276 g/mol. The van der Waals surface area contributed by atoms with Gasteiger partial charge in [-0.25, -0.2) is 4.79 Å². The van der Waals surface area contributed by atoms with Crippen LogP contribution < -0.4 is 0 Å². The zero-order valence-electron chi connectivity index (χ0n) is 13.6. The van der Waals surface area contributed by atoms with E-state index in [1.165, 1.54) is 17.6 Å². The molecule has 0 spiro atoms. The predicted octanol–water partition coefficient (Wildman–Crippen LogP) is 4.03. The molecule has 1 amide bonds. The van der Waals surface area contributed by atoms with E-state index in [4.69, 9.17) is 4.74 Å². The molecule has 2 atom stereocenters. The second-order valence-corrected chi connectivity index (χ2v) is 7.18. The van der Waals surface area contributed by atoms with Gasteiger partial charge in [0.2, 0.25) is 0 Å². The molecule has 0 radical (unpaired) electrons. The third kappa shape index (κ3) is 3.16. The Morgan fingerprint density at radius 1 is 1.36 bits per heavy atom. The summed E-state index contributed by atoms with van der Waals surface area (Å²) in [7, 11) is 0. The fourth-order valence-corrected chi connectivity index (χ4v) is 3.40. The molecule has 3 heterocycles. The number of hydrogen-bond donors (Lipinski definition) is 0. The van der Waals surface area contributed by atoms with Crippen LogP contribution >= 0.6 is 0 Å². The minimum atomic E-state index is -0.446. The lowest BCUT2D eigenvalue weighted by Gasteiger charge is -2.45. The van der Waals surface area contributed by atoms with Crippen LogP contribution in [0.25, 0.3) is 5.57 Å². The monoisotopic (exact) mass is 300 g/mol. The van der Waals surface area contributed by atoms with Crippen LogP contribution in [-0.4, -0.2) is 33.7 Å². The maximum atomic E-state index is 12.5. The van der Waals surface area contributed by atoms with E-state index < -0.39 is 5.60 Å². The van der Waals surface area contributed by atoms with Gasteiger partial charge in [0.05, 0.1) is 6.04 Å². The number of ether oxygens (including phenoxy) is 1. The number of fused-ring (bicyclic) bond motifs is 2. The summed E-state index contributed by atoms with van der Waals surface area (Å²) in [6.45, 7) is 5.75.